The third-order valence-corrected chi connectivity index (χ3v) is 3.26. The van der Waals surface area contributed by atoms with Crippen molar-refractivity contribution in [1.82, 2.24) is 15.2 Å². The average Bonchev–Trinajstić information content (AvgIpc) is 2.58. The lowest BCUT2D eigenvalue weighted by Crippen LogP contribution is -2.10. The average molecular weight is 220 g/mol. The van der Waals surface area contributed by atoms with Crippen molar-refractivity contribution in [3.05, 3.63) is 17.7 Å². The van der Waals surface area contributed by atoms with Gasteiger partial charge in [0.15, 0.2) is 5.82 Å². The first-order chi connectivity index (χ1) is 7.90. The topological polar surface area (TPSA) is 64.7 Å². The van der Waals surface area contributed by atoms with Crippen molar-refractivity contribution < 1.29 is 0 Å². The Labute approximate surface area is 96.7 Å². The lowest BCUT2D eigenvalue weighted by atomic mass is 9.97. The Balaban J connectivity index is 2.08. The minimum Gasteiger partial charge on any atom is -0.330 e. The highest BCUT2D eigenvalue weighted by Crippen LogP contribution is 2.29. The number of nitrogens with two attached hydrogens (primary N) is 1. The molecule has 1 saturated carbocycles. The summed E-state index contributed by atoms with van der Waals surface area (Å²) in [4.78, 5) is 4.57. The van der Waals surface area contributed by atoms with Crippen LogP contribution in [0.4, 0.5) is 0 Å². The minimum absolute atomic E-state index is 0.592. The first-order valence-electron chi connectivity index (χ1n) is 6.28. The normalized spacial score (nSPS) is 18.3. The molecule has 1 aliphatic rings. The van der Waals surface area contributed by atoms with Crippen LogP contribution in [-0.2, 0) is 6.42 Å². The van der Waals surface area contributed by atoms with Crippen LogP contribution in [0.3, 0.4) is 0 Å². The van der Waals surface area contributed by atoms with Crippen molar-refractivity contribution in [1.29, 1.82) is 0 Å². The Kier molecular flexibility index (Phi) is 4.22. The molecule has 0 spiro atoms. The van der Waals surface area contributed by atoms with Gasteiger partial charge in [0, 0.05) is 12.3 Å². The predicted molar refractivity (Wildman–Crippen MR) is 63.0 cm³/mol. The number of aromatic nitrogens is 3. The van der Waals surface area contributed by atoms with E-state index in [0.29, 0.717) is 12.5 Å². The predicted octanol–water partition coefficient (Wildman–Crippen LogP) is 1.81. The van der Waals surface area contributed by atoms with Gasteiger partial charge in [0.1, 0.15) is 0 Å². The zero-order chi connectivity index (χ0) is 11.2. The van der Waals surface area contributed by atoms with Gasteiger partial charge >= 0.3 is 0 Å². The molecule has 0 unspecified atom stereocenters. The molecule has 0 atom stereocenters. The largest absolute Gasteiger partial charge is 0.330 e. The molecule has 0 radical (unpaired) electrons. The van der Waals surface area contributed by atoms with E-state index in [1.165, 1.54) is 38.5 Å². The molecule has 4 nitrogen and oxygen atoms in total. The van der Waals surface area contributed by atoms with Crippen molar-refractivity contribution in [2.75, 3.05) is 6.54 Å². The molecule has 2 N–H and O–H groups in total. The molecule has 16 heavy (non-hydrogen) atoms. The van der Waals surface area contributed by atoms with Crippen LogP contribution in [0.2, 0.25) is 0 Å². The molecule has 0 bridgehead atoms. The summed E-state index contributed by atoms with van der Waals surface area (Å²) in [6, 6.07) is 0. The zero-order valence-corrected chi connectivity index (χ0v) is 9.73. The second kappa shape index (κ2) is 5.89. The molecule has 88 valence electrons. The molecule has 4 heteroatoms. The standard InChI is InChI=1S/C12H20N4/c13-8-7-12-15-11(9-14-16-12)10-5-3-1-2-4-6-10/h9-10H,1-8,13H2. The second-order valence-corrected chi connectivity index (χ2v) is 4.52. The van der Waals surface area contributed by atoms with E-state index in [1.54, 1.807) is 0 Å². The van der Waals surface area contributed by atoms with E-state index in [9.17, 15) is 0 Å². The van der Waals surface area contributed by atoms with Crippen LogP contribution >= 0.6 is 0 Å². The van der Waals surface area contributed by atoms with E-state index in [1.807, 2.05) is 6.20 Å². The van der Waals surface area contributed by atoms with E-state index in [2.05, 4.69) is 15.2 Å². The summed E-state index contributed by atoms with van der Waals surface area (Å²) in [5.74, 6) is 1.39. The van der Waals surface area contributed by atoms with Crippen LogP contribution in [0, 0.1) is 0 Å². The minimum atomic E-state index is 0.592. The number of nitrogens with zero attached hydrogens (tertiary/aromatic N) is 3. The van der Waals surface area contributed by atoms with Gasteiger partial charge in [-0.15, -0.1) is 5.10 Å². The molecule has 1 aromatic heterocycles. The molecule has 1 aliphatic carbocycles. The molecule has 0 amide bonds. The van der Waals surface area contributed by atoms with Crippen molar-refractivity contribution in [2.24, 2.45) is 5.73 Å². The van der Waals surface area contributed by atoms with E-state index < -0.39 is 0 Å². The molecule has 1 heterocycles. The van der Waals surface area contributed by atoms with Crippen LogP contribution in [0.1, 0.15) is 56.0 Å². The number of rotatable bonds is 3. The quantitative estimate of drug-likeness (QED) is 0.789. The Morgan fingerprint density at radius 3 is 2.62 bits per heavy atom. The molecule has 2 rings (SSSR count). The molecular weight excluding hydrogens is 200 g/mol. The van der Waals surface area contributed by atoms with Crippen LogP contribution in [0.25, 0.3) is 0 Å². The maximum Gasteiger partial charge on any atom is 0.152 e. The lowest BCUT2D eigenvalue weighted by molar-refractivity contribution is 0.566. The smallest absolute Gasteiger partial charge is 0.152 e. The molecule has 0 aliphatic heterocycles. The maximum absolute atomic E-state index is 5.51. The fourth-order valence-corrected chi connectivity index (χ4v) is 2.36. The van der Waals surface area contributed by atoms with E-state index >= 15 is 0 Å². The molecule has 1 fully saturated rings. The van der Waals surface area contributed by atoms with E-state index in [-0.39, 0.29) is 0 Å². The highest BCUT2D eigenvalue weighted by molar-refractivity contribution is 5.05. The molecule has 0 aromatic carbocycles. The van der Waals surface area contributed by atoms with Crippen molar-refractivity contribution >= 4 is 0 Å². The summed E-state index contributed by atoms with van der Waals surface area (Å²) >= 11 is 0. The van der Waals surface area contributed by atoms with Gasteiger partial charge < -0.3 is 5.73 Å². The van der Waals surface area contributed by atoms with Gasteiger partial charge in [0.05, 0.1) is 11.9 Å². The number of hydrogen-bond donors (Lipinski definition) is 1. The molecule has 0 saturated heterocycles. The van der Waals surface area contributed by atoms with Gasteiger partial charge in [-0.2, -0.15) is 5.10 Å². The third-order valence-electron chi connectivity index (χ3n) is 3.26. The van der Waals surface area contributed by atoms with Crippen LogP contribution in [0.5, 0.6) is 0 Å². The summed E-state index contributed by atoms with van der Waals surface area (Å²) in [6.07, 6.45) is 10.4. The first kappa shape index (κ1) is 11.5. The zero-order valence-electron chi connectivity index (χ0n) is 9.73. The van der Waals surface area contributed by atoms with Gasteiger partial charge in [-0.05, 0) is 19.4 Å². The summed E-state index contributed by atoms with van der Waals surface area (Å²) in [5.41, 5.74) is 6.63. The Morgan fingerprint density at radius 2 is 1.94 bits per heavy atom. The van der Waals surface area contributed by atoms with Crippen molar-refractivity contribution in [3.63, 3.8) is 0 Å². The fourth-order valence-electron chi connectivity index (χ4n) is 2.36. The van der Waals surface area contributed by atoms with Crippen LogP contribution < -0.4 is 5.73 Å². The van der Waals surface area contributed by atoms with E-state index in [0.717, 1.165) is 17.9 Å². The lowest BCUT2D eigenvalue weighted by Gasteiger charge is -2.12. The van der Waals surface area contributed by atoms with Gasteiger partial charge in [-0.3, -0.25) is 0 Å². The molecular formula is C12H20N4. The summed E-state index contributed by atoms with van der Waals surface area (Å²) < 4.78 is 0. The maximum atomic E-state index is 5.51. The first-order valence-corrected chi connectivity index (χ1v) is 6.28. The summed E-state index contributed by atoms with van der Waals surface area (Å²) in [7, 11) is 0. The Bertz CT molecular complexity index is 319. The Hall–Kier alpha value is -1.03. The SMILES string of the molecule is NCCc1nncc(C2CCCCCC2)n1. The third kappa shape index (κ3) is 2.98. The van der Waals surface area contributed by atoms with Crippen molar-refractivity contribution in [3.8, 4) is 0 Å². The highest BCUT2D eigenvalue weighted by atomic mass is 15.1. The molecule has 1 aromatic rings. The number of hydrogen-bond acceptors (Lipinski definition) is 4. The van der Waals surface area contributed by atoms with Gasteiger partial charge in [-0.1, -0.05) is 25.7 Å². The van der Waals surface area contributed by atoms with E-state index in [4.69, 9.17) is 5.73 Å². The monoisotopic (exact) mass is 220 g/mol. The highest BCUT2D eigenvalue weighted by Gasteiger charge is 2.16. The summed E-state index contributed by atoms with van der Waals surface area (Å²) in [5, 5.41) is 8.05. The fraction of sp³-hybridized carbons (Fsp3) is 0.750. The van der Waals surface area contributed by atoms with Crippen molar-refractivity contribution in [2.45, 2.75) is 50.9 Å². The summed E-state index contributed by atoms with van der Waals surface area (Å²) in [6.45, 7) is 0.593. The van der Waals surface area contributed by atoms with Crippen LogP contribution in [0.15, 0.2) is 6.20 Å². The van der Waals surface area contributed by atoms with Gasteiger partial charge in [-0.25, -0.2) is 4.98 Å². The Morgan fingerprint density at radius 1 is 1.19 bits per heavy atom. The van der Waals surface area contributed by atoms with Gasteiger partial charge in [0.2, 0.25) is 0 Å². The second-order valence-electron chi connectivity index (χ2n) is 4.52. The van der Waals surface area contributed by atoms with Gasteiger partial charge in [0.25, 0.3) is 0 Å². The van der Waals surface area contributed by atoms with Crippen LogP contribution in [-0.4, -0.2) is 21.7 Å².